The molecule has 0 unspecified atom stereocenters. The van der Waals surface area contributed by atoms with E-state index >= 15 is 0 Å². The highest BCUT2D eigenvalue weighted by Gasteiger charge is 2.34. The number of hydrogen-bond acceptors (Lipinski definition) is 9. The molecule has 0 fully saturated rings. The van der Waals surface area contributed by atoms with E-state index in [9.17, 15) is 9.36 Å². The van der Waals surface area contributed by atoms with Gasteiger partial charge in [-0.2, -0.15) is 5.09 Å². The molecule has 0 aliphatic carbocycles. The fourth-order valence-corrected chi connectivity index (χ4v) is 6.61. The van der Waals surface area contributed by atoms with E-state index in [-0.39, 0.29) is 25.4 Å². The summed E-state index contributed by atoms with van der Waals surface area (Å²) in [5.74, 6) is 0.712. The van der Waals surface area contributed by atoms with Gasteiger partial charge in [0.1, 0.15) is 29.7 Å². The highest BCUT2D eigenvalue weighted by atomic mass is 79.9. The average Bonchev–Trinajstić information content (AvgIpc) is 3.37. The summed E-state index contributed by atoms with van der Waals surface area (Å²) in [6, 6.07) is 13.3. The number of rotatable bonds is 16. The molecular formula is C31H41BrN5O6P. The topological polar surface area (TPSA) is 140 Å². The third-order valence-corrected chi connectivity index (χ3v) is 9.02. The van der Waals surface area contributed by atoms with E-state index < -0.39 is 19.8 Å². The van der Waals surface area contributed by atoms with Crippen LogP contribution in [0, 0.1) is 0 Å². The van der Waals surface area contributed by atoms with Crippen LogP contribution in [-0.4, -0.2) is 45.9 Å². The number of anilines is 1. The Balaban J connectivity index is 1.76. The van der Waals surface area contributed by atoms with Gasteiger partial charge in [-0.1, -0.05) is 53.9 Å². The van der Waals surface area contributed by atoms with E-state index in [1.54, 1.807) is 45.0 Å². The number of nitrogen functional groups attached to an aromatic ring is 1. The molecule has 2 aromatic heterocycles. The Bertz CT molecular complexity index is 1610. The lowest BCUT2D eigenvalue weighted by atomic mass is 10.1. The molecule has 0 aliphatic rings. The van der Waals surface area contributed by atoms with Crippen LogP contribution in [-0.2, 0) is 30.0 Å². The molecular weight excluding hydrogens is 649 g/mol. The van der Waals surface area contributed by atoms with Crippen molar-refractivity contribution in [2.75, 3.05) is 18.9 Å². The van der Waals surface area contributed by atoms with Crippen molar-refractivity contribution >= 4 is 57.4 Å². The van der Waals surface area contributed by atoms with Gasteiger partial charge >= 0.3 is 13.7 Å². The Hall–Kier alpha value is -3.02. The number of nitrogens with two attached hydrogens (primary N) is 1. The number of nitrogens with one attached hydrogen (secondary N) is 1. The van der Waals surface area contributed by atoms with E-state index in [2.05, 4.69) is 37.5 Å². The average molecular weight is 691 g/mol. The zero-order valence-electron chi connectivity index (χ0n) is 25.8. The third kappa shape index (κ3) is 8.37. The monoisotopic (exact) mass is 689 g/mol. The Morgan fingerprint density at radius 2 is 1.82 bits per heavy atom. The van der Waals surface area contributed by atoms with Gasteiger partial charge in [0.2, 0.25) is 0 Å². The fraction of sp³-hybridized carbons (Fsp3) is 0.452. The number of carbonyl (C=O) groups excluding carboxylic acids is 1. The standard InChI is InChI=1S/C31H41BrN5O6P/c1-6-8-11-23(37-27(19-40-7-2)35-28-29(37)25-12-9-10-13-26(25)34-30(28)33)18-41-44(39,36-21(5)31(38)42-20(3)4)43-24-16-14-22(32)15-17-24/h9-10,12-17,20-21,23H,6-8,11,18-19H2,1-5H3,(H2,33,34)(H,36,39)/t21-,23+,44+/m0/s1. The van der Waals surface area contributed by atoms with Crippen LogP contribution in [0.25, 0.3) is 21.9 Å². The van der Waals surface area contributed by atoms with Crippen molar-refractivity contribution in [1.82, 2.24) is 19.6 Å². The second-order valence-corrected chi connectivity index (χ2v) is 13.3. The van der Waals surface area contributed by atoms with Crippen LogP contribution in [0.2, 0.25) is 0 Å². The predicted molar refractivity (Wildman–Crippen MR) is 175 cm³/mol. The summed E-state index contributed by atoms with van der Waals surface area (Å²) in [6.45, 7) is 9.80. The fourth-order valence-electron chi connectivity index (χ4n) is 4.82. The summed E-state index contributed by atoms with van der Waals surface area (Å²) in [7, 11) is -4.12. The number of esters is 1. The maximum atomic E-state index is 14.3. The van der Waals surface area contributed by atoms with E-state index in [1.807, 2.05) is 31.2 Å². The molecule has 0 radical (unpaired) electrons. The number of carbonyl (C=O) groups is 1. The van der Waals surface area contributed by atoms with Crippen molar-refractivity contribution in [3.63, 3.8) is 0 Å². The molecule has 0 bridgehead atoms. The molecule has 0 amide bonds. The first kappa shape index (κ1) is 33.9. The number of halogens is 1. The number of pyridine rings is 1. The molecule has 0 spiro atoms. The number of imidazole rings is 1. The smallest absolute Gasteiger partial charge is 0.459 e. The maximum Gasteiger partial charge on any atom is 0.459 e. The molecule has 3 atom stereocenters. The maximum absolute atomic E-state index is 14.3. The molecule has 3 N–H and O–H groups in total. The quantitative estimate of drug-likeness (QED) is 0.0907. The molecule has 13 heteroatoms. The lowest BCUT2D eigenvalue weighted by molar-refractivity contribution is -0.149. The lowest BCUT2D eigenvalue weighted by Crippen LogP contribution is -2.36. The molecule has 0 saturated heterocycles. The summed E-state index contributed by atoms with van der Waals surface area (Å²) in [4.78, 5) is 22.1. The van der Waals surface area contributed by atoms with Gasteiger partial charge in [-0.15, -0.1) is 0 Å². The van der Waals surface area contributed by atoms with E-state index in [4.69, 9.17) is 29.2 Å². The van der Waals surface area contributed by atoms with Gasteiger partial charge in [0.25, 0.3) is 0 Å². The van der Waals surface area contributed by atoms with Crippen molar-refractivity contribution in [1.29, 1.82) is 0 Å². The van der Waals surface area contributed by atoms with Crippen LogP contribution in [0.3, 0.4) is 0 Å². The van der Waals surface area contributed by atoms with Gasteiger partial charge in [0, 0.05) is 16.5 Å². The van der Waals surface area contributed by atoms with Gasteiger partial charge in [-0.05, 0) is 64.4 Å². The number of benzene rings is 2. The SMILES string of the molecule is CCCC[C@H](CO[P@](=O)(N[C@@H](C)C(=O)OC(C)C)Oc1ccc(Br)cc1)n1c(COCC)nc2c(N)nc3ccccc3c21. The normalized spacial score (nSPS) is 14.5. The largest absolute Gasteiger partial charge is 0.462 e. The number of fused-ring (bicyclic) bond motifs is 3. The highest BCUT2D eigenvalue weighted by Crippen LogP contribution is 2.46. The molecule has 4 aromatic rings. The van der Waals surface area contributed by atoms with Gasteiger partial charge in [0.15, 0.2) is 5.82 Å². The minimum Gasteiger partial charge on any atom is -0.462 e. The Kier molecular flexibility index (Phi) is 11.8. The Morgan fingerprint density at radius 1 is 1.09 bits per heavy atom. The number of unbranched alkanes of at least 4 members (excludes halogenated alkanes) is 1. The van der Waals surface area contributed by atoms with Crippen LogP contribution >= 0.6 is 23.7 Å². The van der Waals surface area contributed by atoms with E-state index in [0.717, 1.165) is 33.7 Å². The van der Waals surface area contributed by atoms with Crippen molar-refractivity contribution < 1.29 is 27.9 Å². The van der Waals surface area contributed by atoms with Crippen LogP contribution in [0.4, 0.5) is 5.82 Å². The number of para-hydroxylation sites is 1. The number of aromatic nitrogens is 3. The second-order valence-electron chi connectivity index (χ2n) is 10.7. The van der Waals surface area contributed by atoms with Crippen LogP contribution < -0.4 is 15.3 Å². The minimum absolute atomic E-state index is 0.0199. The molecule has 44 heavy (non-hydrogen) atoms. The first-order valence-corrected chi connectivity index (χ1v) is 17.2. The number of nitrogens with zero attached hydrogens (tertiary/aromatic N) is 3. The van der Waals surface area contributed by atoms with Crippen LogP contribution in [0.1, 0.15) is 65.7 Å². The molecule has 2 heterocycles. The zero-order valence-corrected chi connectivity index (χ0v) is 28.3. The summed E-state index contributed by atoms with van der Waals surface area (Å²) in [5.41, 5.74) is 8.52. The van der Waals surface area contributed by atoms with Gasteiger partial charge in [0.05, 0.1) is 29.8 Å². The molecule has 11 nitrogen and oxygen atoms in total. The van der Waals surface area contributed by atoms with Crippen molar-refractivity contribution in [2.45, 2.75) is 78.7 Å². The van der Waals surface area contributed by atoms with Gasteiger partial charge < -0.3 is 24.3 Å². The second kappa shape index (κ2) is 15.3. The Morgan fingerprint density at radius 3 is 2.50 bits per heavy atom. The van der Waals surface area contributed by atoms with Crippen molar-refractivity contribution in [2.24, 2.45) is 0 Å². The van der Waals surface area contributed by atoms with E-state index in [1.165, 1.54) is 0 Å². The Labute approximate surface area is 266 Å². The van der Waals surface area contributed by atoms with Gasteiger partial charge in [-0.25, -0.2) is 14.5 Å². The first-order chi connectivity index (χ1) is 21.0. The highest BCUT2D eigenvalue weighted by molar-refractivity contribution is 9.10. The zero-order chi connectivity index (χ0) is 31.9. The summed E-state index contributed by atoms with van der Waals surface area (Å²) in [6.07, 6.45) is 2.13. The molecule has 0 saturated carbocycles. The summed E-state index contributed by atoms with van der Waals surface area (Å²) >= 11 is 3.40. The molecule has 0 aliphatic heterocycles. The predicted octanol–water partition coefficient (Wildman–Crippen LogP) is 7.33. The number of hydrogen-bond donors (Lipinski definition) is 2. The summed E-state index contributed by atoms with van der Waals surface area (Å²) < 4.78 is 40.5. The summed E-state index contributed by atoms with van der Waals surface area (Å²) in [5, 5.41) is 3.67. The molecule has 4 rings (SSSR count). The van der Waals surface area contributed by atoms with Crippen LogP contribution in [0.5, 0.6) is 5.75 Å². The van der Waals surface area contributed by atoms with Gasteiger partial charge in [-0.3, -0.25) is 9.32 Å². The number of ether oxygens (including phenoxy) is 2. The van der Waals surface area contributed by atoms with Crippen molar-refractivity contribution in [3.8, 4) is 5.75 Å². The first-order valence-electron chi connectivity index (χ1n) is 14.9. The van der Waals surface area contributed by atoms with Crippen molar-refractivity contribution in [3.05, 3.63) is 58.8 Å². The third-order valence-electron chi connectivity index (χ3n) is 6.85. The lowest BCUT2D eigenvalue weighted by Gasteiger charge is -2.27. The molecule has 2 aromatic carbocycles. The van der Waals surface area contributed by atoms with E-state index in [0.29, 0.717) is 35.9 Å². The molecule has 238 valence electrons. The minimum atomic E-state index is -4.12. The van der Waals surface area contributed by atoms with Crippen LogP contribution in [0.15, 0.2) is 53.0 Å².